The summed E-state index contributed by atoms with van der Waals surface area (Å²) >= 11 is 0. The summed E-state index contributed by atoms with van der Waals surface area (Å²) in [6.45, 7) is 0. The monoisotopic (exact) mass is 274 g/mol. The summed E-state index contributed by atoms with van der Waals surface area (Å²) < 4.78 is 4.86. The lowest BCUT2D eigenvalue weighted by Gasteiger charge is -2.06. The highest BCUT2D eigenvalue weighted by Crippen LogP contribution is 2.26. The molecule has 0 bridgehead atoms. The lowest BCUT2D eigenvalue weighted by Crippen LogP contribution is -2.02. The van der Waals surface area contributed by atoms with E-state index in [0.717, 1.165) is 0 Å². The Labute approximate surface area is 113 Å². The molecule has 0 atom stereocenters. The van der Waals surface area contributed by atoms with E-state index in [1.54, 1.807) is 6.07 Å². The number of carboxylic acid groups (broad SMARTS) is 1. The van der Waals surface area contributed by atoms with E-state index in [1.165, 1.54) is 37.6 Å². The standard InChI is InChI=1S/C13H10N2O5/c1-20-12-11(13(16)17)6-9(7-14-12)8-3-2-4-10(5-8)15(18)19/h2-7H,1H3,(H,16,17). The summed E-state index contributed by atoms with van der Waals surface area (Å²) in [7, 11) is 1.32. The Balaban J connectivity index is 2.53. The molecule has 0 saturated heterocycles. The molecule has 2 rings (SSSR count). The molecule has 1 heterocycles. The smallest absolute Gasteiger partial charge is 0.341 e. The van der Waals surface area contributed by atoms with Crippen molar-refractivity contribution >= 4 is 11.7 Å². The minimum atomic E-state index is -1.18. The van der Waals surface area contributed by atoms with Gasteiger partial charge in [0.05, 0.1) is 12.0 Å². The Bertz CT molecular complexity index is 684. The van der Waals surface area contributed by atoms with Crippen molar-refractivity contribution in [3.63, 3.8) is 0 Å². The lowest BCUT2D eigenvalue weighted by molar-refractivity contribution is -0.384. The van der Waals surface area contributed by atoms with E-state index in [9.17, 15) is 14.9 Å². The first-order valence-corrected chi connectivity index (χ1v) is 5.55. The molecular formula is C13H10N2O5. The molecule has 1 aromatic carbocycles. The Kier molecular flexibility index (Phi) is 3.60. The number of nitro groups is 1. The fourth-order valence-electron chi connectivity index (χ4n) is 1.73. The van der Waals surface area contributed by atoms with Gasteiger partial charge in [0.15, 0.2) is 0 Å². The average Bonchev–Trinajstić information content (AvgIpc) is 2.46. The number of carbonyl (C=O) groups is 1. The van der Waals surface area contributed by atoms with Crippen LogP contribution in [0, 0.1) is 10.1 Å². The predicted molar refractivity (Wildman–Crippen MR) is 69.8 cm³/mol. The van der Waals surface area contributed by atoms with Gasteiger partial charge in [0.1, 0.15) is 5.56 Å². The molecule has 20 heavy (non-hydrogen) atoms. The molecule has 7 heteroatoms. The first-order chi connectivity index (χ1) is 9.52. The highest BCUT2D eigenvalue weighted by molar-refractivity contribution is 5.91. The SMILES string of the molecule is COc1ncc(-c2cccc([N+](=O)[O-])c2)cc1C(=O)O. The van der Waals surface area contributed by atoms with Gasteiger partial charge in [0.25, 0.3) is 5.69 Å². The van der Waals surface area contributed by atoms with E-state index in [-0.39, 0.29) is 17.1 Å². The third-order valence-corrected chi connectivity index (χ3v) is 2.67. The number of hydrogen-bond donors (Lipinski definition) is 1. The van der Waals surface area contributed by atoms with Crippen molar-refractivity contribution in [2.75, 3.05) is 7.11 Å². The molecule has 0 unspecified atom stereocenters. The van der Waals surface area contributed by atoms with Gasteiger partial charge in [-0.1, -0.05) is 12.1 Å². The van der Waals surface area contributed by atoms with E-state index in [4.69, 9.17) is 9.84 Å². The van der Waals surface area contributed by atoms with Gasteiger partial charge in [-0.05, 0) is 11.6 Å². The molecule has 102 valence electrons. The Morgan fingerprint density at radius 1 is 1.35 bits per heavy atom. The van der Waals surface area contributed by atoms with Crippen LogP contribution in [0.5, 0.6) is 5.88 Å². The normalized spacial score (nSPS) is 10.1. The zero-order chi connectivity index (χ0) is 14.7. The molecule has 1 N–H and O–H groups in total. The number of benzene rings is 1. The fourth-order valence-corrected chi connectivity index (χ4v) is 1.73. The van der Waals surface area contributed by atoms with E-state index < -0.39 is 10.9 Å². The molecule has 0 saturated carbocycles. The maximum Gasteiger partial charge on any atom is 0.341 e. The van der Waals surface area contributed by atoms with Crippen LogP contribution in [-0.2, 0) is 0 Å². The molecule has 0 amide bonds. The van der Waals surface area contributed by atoms with Crippen LogP contribution in [-0.4, -0.2) is 28.1 Å². The van der Waals surface area contributed by atoms with Crippen LogP contribution < -0.4 is 4.74 Å². The number of nitro benzene ring substituents is 1. The van der Waals surface area contributed by atoms with Crippen molar-refractivity contribution in [3.05, 3.63) is 52.2 Å². The second-order valence-corrected chi connectivity index (χ2v) is 3.89. The van der Waals surface area contributed by atoms with Crippen molar-refractivity contribution in [3.8, 4) is 17.0 Å². The van der Waals surface area contributed by atoms with E-state index >= 15 is 0 Å². The molecule has 7 nitrogen and oxygen atoms in total. The summed E-state index contributed by atoms with van der Waals surface area (Å²) in [5.74, 6) is -1.19. The lowest BCUT2D eigenvalue weighted by atomic mass is 10.1. The minimum Gasteiger partial charge on any atom is -0.480 e. The highest BCUT2D eigenvalue weighted by atomic mass is 16.6. The molecule has 0 fully saturated rings. The number of hydrogen-bond acceptors (Lipinski definition) is 5. The van der Waals surface area contributed by atoms with Crippen molar-refractivity contribution < 1.29 is 19.6 Å². The second kappa shape index (κ2) is 5.35. The second-order valence-electron chi connectivity index (χ2n) is 3.89. The number of ether oxygens (including phenoxy) is 1. The fraction of sp³-hybridized carbons (Fsp3) is 0.0769. The van der Waals surface area contributed by atoms with Crippen LogP contribution in [0.1, 0.15) is 10.4 Å². The number of nitrogens with zero attached hydrogens (tertiary/aromatic N) is 2. The third-order valence-electron chi connectivity index (χ3n) is 2.67. The Morgan fingerprint density at radius 2 is 2.10 bits per heavy atom. The zero-order valence-electron chi connectivity index (χ0n) is 10.4. The maximum absolute atomic E-state index is 11.1. The number of aromatic carboxylic acids is 1. The molecule has 0 aliphatic rings. The summed E-state index contributed by atoms with van der Waals surface area (Å²) in [5.41, 5.74) is 0.801. The maximum atomic E-state index is 11.1. The summed E-state index contributed by atoms with van der Waals surface area (Å²) in [6.07, 6.45) is 1.41. The first kappa shape index (κ1) is 13.5. The number of aromatic nitrogens is 1. The van der Waals surface area contributed by atoms with Gasteiger partial charge in [-0.3, -0.25) is 10.1 Å². The van der Waals surface area contributed by atoms with E-state index in [2.05, 4.69) is 4.98 Å². The average molecular weight is 274 g/mol. The zero-order valence-corrected chi connectivity index (χ0v) is 10.4. The topological polar surface area (TPSA) is 103 Å². The van der Waals surface area contributed by atoms with Gasteiger partial charge >= 0.3 is 5.97 Å². The van der Waals surface area contributed by atoms with Crippen LogP contribution in [0.4, 0.5) is 5.69 Å². The number of pyridine rings is 1. The van der Waals surface area contributed by atoms with Crippen LogP contribution in [0.15, 0.2) is 36.5 Å². The van der Waals surface area contributed by atoms with E-state index in [0.29, 0.717) is 11.1 Å². The van der Waals surface area contributed by atoms with Crippen LogP contribution in [0.2, 0.25) is 0 Å². The molecule has 0 aliphatic heterocycles. The highest BCUT2D eigenvalue weighted by Gasteiger charge is 2.15. The minimum absolute atomic E-state index is 0.00770. The predicted octanol–water partition coefficient (Wildman–Crippen LogP) is 2.36. The van der Waals surface area contributed by atoms with E-state index in [1.807, 2.05) is 0 Å². The van der Waals surface area contributed by atoms with Crippen molar-refractivity contribution in [2.24, 2.45) is 0 Å². The van der Waals surface area contributed by atoms with Crippen molar-refractivity contribution in [1.29, 1.82) is 0 Å². The van der Waals surface area contributed by atoms with Gasteiger partial charge in [-0.25, -0.2) is 9.78 Å². The van der Waals surface area contributed by atoms with Gasteiger partial charge < -0.3 is 9.84 Å². The molecular weight excluding hydrogens is 264 g/mol. The molecule has 0 radical (unpaired) electrons. The van der Waals surface area contributed by atoms with Gasteiger partial charge in [0, 0.05) is 23.9 Å². The molecule has 2 aromatic rings. The van der Waals surface area contributed by atoms with Crippen LogP contribution in [0.3, 0.4) is 0 Å². The number of carboxylic acids is 1. The van der Waals surface area contributed by atoms with Gasteiger partial charge in [0.2, 0.25) is 5.88 Å². The largest absolute Gasteiger partial charge is 0.480 e. The number of methoxy groups -OCH3 is 1. The Hall–Kier alpha value is -2.96. The van der Waals surface area contributed by atoms with Crippen LogP contribution >= 0.6 is 0 Å². The number of rotatable bonds is 4. The molecule has 1 aromatic heterocycles. The van der Waals surface area contributed by atoms with Crippen LogP contribution in [0.25, 0.3) is 11.1 Å². The molecule has 0 aliphatic carbocycles. The summed E-state index contributed by atoms with van der Waals surface area (Å²) in [4.78, 5) is 25.2. The quantitative estimate of drug-likeness (QED) is 0.678. The van der Waals surface area contributed by atoms with Gasteiger partial charge in [-0.15, -0.1) is 0 Å². The third kappa shape index (κ3) is 2.56. The first-order valence-electron chi connectivity index (χ1n) is 5.55. The van der Waals surface area contributed by atoms with Gasteiger partial charge in [-0.2, -0.15) is 0 Å². The number of non-ortho nitro benzene ring substituents is 1. The van der Waals surface area contributed by atoms with Crippen molar-refractivity contribution in [1.82, 2.24) is 4.98 Å². The van der Waals surface area contributed by atoms with Crippen molar-refractivity contribution in [2.45, 2.75) is 0 Å². The molecule has 0 spiro atoms. The Morgan fingerprint density at radius 3 is 2.70 bits per heavy atom. The summed E-state index contributed by atoms with van der Waals surface area (Å²) in [5, 5.41) is 19.8. The summed E-state index contributed by atoms with van der Waals surface area (Å²) in [6, 6.07) is 7.25.